The zero-order valence-corrected chi connectivity index (χ0v) is 11.7. The Labute approximate surface area is 126 Å². The highest BCUT2D eigenvalue weighted by molar-refractivity contribution is 4.91. The second-order valence-electron chi connectivity index (χ2n) is 5.41. The van der Waals surface area contributed by atoms with Gasteiger partial charge in [0.15, 0.2) is 12.6 Å². The van der Waals surface area contributed by atoms with Crippen molar-refractivity contribution in [3.05, 3.63) is 0 Å². The van der Waals surface area contributed by atoms with Crippen LogP contribution in [0.2, 0.25) is 0 Å². The minimum Gasteiger partial charge on any atom is -0.394 e. The van der Waals surface area contributed by atoms with E-state index >= 15 is 0 Å². The SMILES string of the molecule is OC[C@H]1O[C@@H](O[C@H]2[C@H](O)[C@@H](O)[C@H](O)O[C@@H]2CO)C[C@@H](O)[C@@H]1O. The largest absolute Gasteiger partial charge is 0.394 e. The van der Waals surface area contributed by atoms with Crippen LogP contribution in [0.25, 0.3) is 0 Å². The molecule has 10 nitrogen and oxygen atoms in total. The van der Waals surface area contributed by atoms with E-state index in [0.717, 1.165) is 0 Å². The summed E-state index contributed by atoms with van der Waals surface area (Å²) in [6, 6.07) is 0. The monoisotopic (exact) mass is 326 g/mol. The smallest absolute Gasteiger partial charge is 0.184 e. The van der Waals surface area contributed by atoms with Gasteiger partial charge in [-0.15, -0.1) is 0 Å². The molecular formula is C12H22O10. The molecule has 2 heterocycles. The van der Waals surface area contributed by atoms with Crippen molar-refractivity contribution in [2.75, 3.05) is 13.2 Å². The molecular weight excluding hydrogens is 304 g/mol. The lowest BCUT2D eigenvalue weighted by Gasteiger charge is -2.43. The maximum Gasteiger partial charge on any atom is 0.184 e. The van der Waals surface area contributed by atoms with E-state index in [1.54, 1.807) is 0 Å². The molecule has 2 aliphatic heterocycles. The number of ether oxygens (including phenoxy) is 3. The van der Waals surface area contributed by atoms with Gasteiger partial charge in [-0.2, -0.15) is 0 Å². The van der Waals surface area contributed by atoms with Crippen LogP contribution in [0.5, 0.6) is 0 Å². The standard InChI is InChI=1S/C12H22O10/c13-2-5-8(16)4(15)1-7(20-5)22-11-6(3-14)21-12(19)10(18)9(11)17/h4-19H,1-3H2/t4-,5-,6-,7+,8+,9-,10-,11-,12-/m1/s1. The average Bonchev–Trinajstić information content (AvgIpc) is 2.50. The fourth-order valence-corrected chi connectivity index (χ4v) is 2.56. The maximum atomic E-state index is 9.94. The Balaban J connectivity index is 2.04. The summed E-state index contributed by atoms with van der Waals surface area (Å²) in [5.41, 5.74) is 0. The summed E-state index contributed by atoms with van der Waals surface area (Å²) >= 11 is 0. The summed E-state index contributed by atoms with van der Waals surface area (Å²) in [7, 11) is 0. The highest BCUT2D eigenvalue weighted by atomic mass is 16.7. The van der Waals surface area contributed by atoms with E-state index in [2.05, 4.69) is 0 Å². The minimum absolute atomic E-state index is 0.141. The summed E-state index contributed by atoms with van der Waals surface area (Å²) in [6.45, 7) is -1.14. The summed E-state index contributed by atoms with van der Waals surface area (Å²) in [5, 5.41) is 66.6. The van der Waals surface area contributed by atoms with Gasteiger partial charge in [0.1, 0.15) is 36.6 Å². The van der Waals surface area contributed by atoms with Crippen molar-refractivity contribution in [1.29, 1.82) is 0 Å². The lowest BCUT2D eigenvalue weighted by Crippen LogP contribution is -2.61. The van der Waals surface area contributed by atoms with E-state index in [1.807, 2.05) is 0 Å². The molecule has 0 unspecified atom stereocenters. The number of rotatable bonds is 4. The molecule has 9 atom stereocenters. The predicted molar refractivity (Wildman–Crippen MR) is 67.2 cm³/mol. The Morgan fingerprint density at radius 2 is 1.45 bits per heavy atom. The van der Waals surface area contributed by atoms with E-state index in [4.69, 9.17) is 19.3 Å². The molecule has 7 N–H and O–H groups in total. The first-order valence-electron chi connectivity index (χ1n) is 6.97. The Kier molecular flexibility index (Phi) is 6.07. The molecule has 2 saturated heterocycles. The van der Waals surface area contributed by atoms with Gasteiger partial charge in [0.05, 0.1) is 19.3 Å². The molecule has 0 aliphatic carbocycles. The third-order valence-corrected chi connectivity index (χ3v) is 3.86. The Morgan fingerprint density at radius 3 is 2.05 bits per heavy atom. The average molecular weight is 326 g/mol. The van der Waals surface area contributed by atoms with E-state index in [9.17, 15) is 30.6 Å². The molecule has 0 aromatic carbocycles. The fraction of sp³-hybridized carbons (Fsp3) is 1.00. The Hall–Kier alpha value is -0.400. The zero-order chi connectivity index (χ0) is 16.4. The highest BCUT2D eigenvalue weighted by Crippen LogP contribution is 2.28. The third-order valence-electron chi connectivity index (χ3n) is 3.86. The van der Waals surface area contributed by atoms with Crippen LogP contribution in [0.4, 0.5) is 0 Å². The molecule has 2 aliphatic rings. The van der Waals surface area contributed by atoms with Gasteiger partial charge in [-0.1, -0.05) is 0 Å². The lowest BCUT2D eigenvalue weighted by molar-refractivity contribution is -0.336. The van der Waals surface area contributed by atoms with Crippen molar-refractivity contribution in [2.24, 2.45) is 0 Å². The molecule has 0 aromatic rings. The molecule has 0 saturated carbocycles. The van der Waals surface area contributed by atoms with Crippen molar-refractivity contribution in [3.8, 4) is 0 Å². The number of aliphatic hydroxyl groups excluding tert-OH is 7. The highest BCUT2D eigenvalue weighted by Gasteiger charge is 2.47. The zero-order valence-electron chi connectivity index (χ0n) is 11.7. The molecule has 22 heavy (non-hydrogen) atoms. The van der Waals surface area contributed by atoms with Gasteiger partial charge >= 0.3 is 0 Å². The van der Waals surface area contributed by atoms with Crippen molar-refractivity contribution in [3.63, 3.8) is 0 Å². The molecule has 0 aromatic heterocycles. The van der Waals surface area contributed by atoms with Gasteiger partial charge in [-0.25, -0.2) is 0 Å². The summed E-state index contributed by atoms with van der Waals surface area (Å²) in [5.74, 6) is 0. The first kappa shape index (κ1) is 17.9. The second kappa shape index (κ2) is 7.45. The van der Waals surface area contributed by atoms with Crippen molar-refractivity contribution >= 4 is 0 Å². The van der Waals surface area contributed by atoms with E-state index in [-0.39, 0.29) is 6.42 Å². The van der Waals surface area contributed by atoms with Gasteiger partial charge in [0.2, 0.25) is 0 Å². The summed E-state index contributed by atoms with van der Waals surface area (Å²) < 4.78 is 15.6. The molecule has 0 spiro atoms. The second-order valence-corrected chi connectivity index (χ2v) is 5.41. The van der Waals surface area contributed by atoms with Crippen molar-refractivity contribution < 1.29 is 50.0 Å². The fourth-order valence-electron chi connectivity index (χ4n) is 2.56. The molecule has 0 bridgehead atoms. The topological polar surface area (TPSA) is 169 Å². The lowest BCUT2D eigenvalue weighted by atomic mass is 9.98. The molecule has 130 valence electrons. The summed E-state index contributed by atoms with van der Waals surface area (Å²) in [4.78, 5) is 0. The van der Waals surface area contributed by atoms with Crippen molar-refractivity contribution in [2.45, 2.75) is 61.7 Å². The van der Waals surface area contributed by atoms with Gasteiger partial charge in [-0.3, -0.25) is 0 Å². The first-order valence-corrected chi connectivity index (χ1v) is 6.97. The summed E-state index contributed by atoms with van der Waals surface area (Å²) in [6.07, 6.45) is -12.0. The molecule has 10 heteroatoms. The van der Waals surface area contributed by atoms with Gasteiger partial charge in [-0.05, 0) is 0 Å². The Morgan fingerprint density at radius 1 is 0.818 bits per heavy atom. The van der Waals surface area contributed by atoms with Crippen LogP contribution in [0, 0.1) is 0 Å². The van der Waals surface area contributed by atoms with E-state index in [1.165, 1.54) is 0 Å². The van der Waals surface area contributed by atoms with Crippen LogP contribution in [0.3, 0.4) is 0 Å². The normalized spacial score (nSPS) is 50.0. The quantitative estimate of drug-likeness (QED) is 0.268. The van der Waals surface area contributed by atoms with Crippen molar-refractivity contribution in [1.82, 2.24) is 0 Å². The number of hydrogen-bond acceptors (Lipinski definition) is 10. The predicted octanol–water partition coefficient (Wildman–Crippen LogP) is -4.37. The molecule has 0 radical (unpaired) electrons. The van der Waals surface area contributed by atoms with Crippen LogP contribution in [-0.4, -0.2) is 104 Å². The van der Waals surface area contributed by atoms with Crippen LogP contribution < -0.4 is 0 Å². The van der Waals surface area contributed by atoms with Crippen LogP contribution >= 0.6 is 0 Å². The van der Waals surface area contributed by atoms with Gasteiger partial charge in [0.25, 0.3) is 0 Å². The Bertz CT molecular complexity index is 353. The number of hydrogen-bond donors (Lipinski definition) is 7. The third kappa shape index (κ3) is 3.57. The molecule has 2 rings (SSSR count). The maximum absolute atomic E-state index is 9.94. The van der Waals surface area contributed by atoms with E-state index in [0.29, 0.717) is 0 Å². The van der Waals surface area contributed by atoms with Crippen LogP contribution in [-0.2, 0) is 14.2 Å². The minimum atomic E-state index is -1.67. The van der Waals surface area contributed by atoms with Crippen LogP contribution in [0.1, 0.15) is 6.42 Å². The molecule has 2 fully saturated rings. The van der Waals surface area contributed by atoms with Gasteiger partial charge in [0, 0.05) is 6.42 Å². The van der Waals surface area contributed by atoms with Crippen LogP contribution in [0.15, 0.2) is 0 Å². The molecule has 0 amide bonds. The van der Waals surface area contributed by atoms with E-state index < -0.39 is 68.5 Å². The first-order chi connectivity index (χ1) is 10.4. The van der Waals surface area contributed by atoms with Gasteiger partial charge < -0.3 is 50.0 Å². The number of aliphatic hydroxyl groups is 7.